The van der Waals surface area contributed by atoms with Crippen LogP contribution in [0.1, 0.15) is 21.7 Å². The molecule has 0 saturated heterocycles. The highest BCUT2D eigenvalue weighted by molar-refractivity contribution is 6.03. The summed E-state index contributed by atoms with van der Waals surface area (Å²) in [4.78, 5) is 16.0. The Morgan fingerprint density at radius 3 is 2.84 bits per heavy atom. The third-order valence-electron chi connectivity index (χ3n) is 2.47. The summed E-state index contributed by atoms with van der Waals surface area (Å²) in [5, 5.41) is 11.4. The van der Waals surface area contributed by atoms with E-state index in [0.717, 1.165) is 6.07 Å². The SMILES string of the molecule is Cc1cccc(C(=O)Nc2ccc(F)cc2C#N)n1. The van der Waals surface area contributed by atoms with Crippen molar-refractivity contribution >= 4 is 11.6 Å². The molecule has 0 radical (unpaired) electrons. The van der Waals surface area contributed by atoms with E-state index in [1.165, 1.54) is 12.1 Å². The van der Waals surface area contributed by atoms with Crippen molar-refractivity contribution in [1.82, 2.24) is 4.98 Å². The highest BCUT2D eigenvalue weighted by Crippen LogP contribution is 2.16. The molecular weight excluding hydrogens is 245 g/mol. The topological polar surface area (TPSA) is 65.8 Å². The van der Waals surface area contributed by atoms with Crippen LogP contribution >= 0.6 is 0 Å². The molecule has 0 fully saturated rings. The number of nitrogens with zero attached hydrogens (tertiary/aromatic N) is 2. The predicted octanol–water partition coefficient (Wildman–Crippen LogP) is 2.65. The quantitative estimate of drug-likeness (QED) is 0.897. The first kappa shape index (κ1) is 12.7. The lowest BCUT2D eigenvalue weighted by Gasteiger charge is -2.06. The number of nitriles is 1. The van der Waals surface area contributed by atoms with Gasteiger partial charge in [0, 0.05) is 5.69 Å². The highest BCUT2D eigenvalue weighted by atomic mass is 19.1. The molecule has 94 valence electrons. The van der Waals surface area contributed by atoms with Crippen LogP contribution in [0.3, 0.4) is 0 Å². The maximum atomic E-state index is 13.0. The lowest BCUT2D eigenvalue weighted by Crippen LogP contribution is -2.14. The molecule has 5 heteroatoms. The molecule has 0 unspecified atom stereocenters. The summed E-state index contributed by atoms with van der Waals surface area (Å²) in [5.74, 6) is -0.963. The van der Waals surface area contributed by atoms with Gasteiger partial charge in [0.25, 0.3) is 5.91 Å². The minimum absolute atomic E-state index is 0.0704. The Balaban J connectivity index is 2.27. The molecule has 1 aromatic heterocycles. The number of amides is 1. The largest absolute Gasteiger partial charge is 0.319 e. The monoisotopic (exact) mass is 255 g/mol. The molecule has 0 aliphatic carbocycles. The van der Waals surface area contributed by atoms with E-state index in [4.69, 9.17) is 5.26 Å². The number of carbonyl (C=O) groups is 1. The standard InChI is InChI=1S/C14H10FN3O/c1-9-3-2-4-13(17-9)14(19)18-12-6-5-11(15)7-10(12)8-16/h2-7H,1H3,(H,18,19). The van der Waals surface area contributed by atoms with Gasteiger partial charge in [-0.3, -0.25) is 4.79 Å². The van der Waals surface area contributed by atoms with Crippen LogP contribution < -0.4 is 5.32 Å². The number of benzene rings is 1. The van der Waals surface area contributed by atoms with Crippen LogP contribution in [0.2, 0.25) is 0 Å². The van der Waals surface area contributed by atoms with E-state index >= 15 is 0 Å². The van der Waals surface area contributed by atoms with Gasteiger partial charge in [0.1, 0.15) is 17.6 Å². The van der Waals surface area contributed by atoms with E-state index in [0.29, 0.717) is 5.69 Å². The van der Waals surface area contributed by atoms with Gasteiger partial charge in [0.05, 0.1) is 11.3 Å². The van der Waals surface area contributed by atoms with Gasteiger partial charge < -0.3 is 5.32 Å². The Morgan fingerprint density at radius 1 is 1.37 bits per heavy atom. The van der Waals surface area contributed by atoms with Crippen molar-refractivity contribution in [3.63, 3.8) is 0 Å². The van der Waals surface area contributed by atoms with E-state index in [1.54, 1.807) is 25.1 Å². The first-order chi connectivity index (χ1) is 9.10. The first-order valence-corrected chi connectivity index (χ1v) is 5.55. The number of hydrogen-bond acceptors (Lipinski definition) is 3. The van der Waals surface area contributed by atoms with Gasteiger partial charge in [-0.1, -0.05) is 6.07 Å². The van der Waals surface area contributed by atoms with Gasteiger partial charge in [0.15, 0.2) is 0 Å². The molecule has 19 heavy (non-hydrogen) atoms. The molecule has 0 saturated carbocycles. The third kappa shape index (κ3) is 2.93. The molecular formula is C14H10FN3O. The number of rotatable bonds is 2. The zero-order chi connectivity index (χ0) is 13.8. The van der Waals surface area contributed by atoms with Crippen molar-refractivity contribution in [3.8, 4) is 6.07 Å². The fourth-order valence-corrected chi connectivity index (χ4v) is 1.57. The smallest absolute Gasteiger partial charge is 0.274 e. The van der Waals surface area contributed by atoms with Crippen LogP contribution in [0.15, 0.2) is 36.4 Å². The van der Waals surface area contributed by atoms with Crippen molar-refractivity contribution in [2.24, 2.45) is 0 Å². The van der Waals surface area contributed by atoms with E-state index in [-0.39, 0.29) is 16.9 Å². The molecule has 0 aliphatic heterocycles. The second kappa shape index (κ2) is 5.27. The fourth-order valence-electron chi connectivity index (χ4n) is 1.57. The number of anilines is 1. The van der Waals surface area contributed by atoms with Crippen molar-refractivity contribution in [3.05, 3.63) is 59.2 Å². The van der Waals surface area contributed by atoms with Crippen LogP contribution in [-0.2, 0) is 0 Å². The lowest BCUT2D eigenvalue weighted by atomic mass is 10.2. The van der Waals surface area contributed by atoms with Crippen LogP contribution in [0, 0.1) is 24.1 Å². The number of halogens is 1. The summed E-state index contributed by atoms with van der Waals surface area (Å²) in [6, 6.07) is 10.5. The van der Waals surface area contributed by atoms with Crippen LogP contribution in [0.5, 0.6) is 0 Å². The Kier molecular flexibility index (Phi) is 3.53. The molecule has 2 aromatic rings. The second-order valence-corrected chi connectivity index (χ2v) is 3.92. The van der Waals surface area contributed by atoms with Crippen LogP contribution in [-0.4, -0.2) is 10.9 Å². The number of hydrogen-bond donors (Lipinski definition) is 1. The molecule has 0 atom stereocenters. The Labute approximate surface area is 109 Å². The summed E-state index contributed by atoms with van der Waals surface area (Å²) in [5.41, 5.74) is 1.29. The summed E-state index contributed by atoms with van der Waals surface area (Å²) < 4.78 is 13.0. The maximum absolute atomic E-state index is 13.0. The fraction of sp³-hybridized carbons (Fsp3) is 0.0714. The normalized spacial score (nSPS) is 9.74. The van der Waals surface area contributed by atoms with Gasteiger partial charge in [0.2, 0.25) is 0 Å². The molecule has 1 heterocycles. The van der Waals surface area contributed by atoms with Gasteiger partial charge in [-0.2, -0.15) is 5.26 Å². The average Bonchev–Trinajstić information content (AvgIpc) is 2.40. The van der Waals surface area contributed by atoms with E-state index in [1.807, 2.05) is 6.07 Å². The highest BCUT2D eigenvalue weighted by Gasteiger charge is 2.11. The molecule has 2 rings (SSSR count). The Bertz CT molecular complexity index is 677. The Morgan fingerprint density at radius 2 is 2.16 bits per heavy atom. The zero-order valence-electron chi connectivity index (χ0n) is 10.1. The van der Waals surface area contributed by atoms with Crippen LogP contribution in [0.4, 0.5) is 10.1 Å². The molecule has 1 N–H and O–H groups in total. The first-order valence-electron chi connectivity index (χ1n) is 5.55. The molecule has 1 aromatic carbocycles. The number of aryl methyl sites for hydroxylation is 1. The maximum Gasteiger partial charge on any atom is 0.274 e. The summed E-state index contributed by atoms with van der Waals surface area (Å²) >= 11 is 0. The number of carbonyl (C=O) groups excluding carboxylic acids is 1. The minimum atomic E-state index is -0.525. The van der Waals surface area contributed by atoms with E-state index in [9.17, 15) is 9.18 Å². The van der Waals surface area contributed by atoms with Crippen molar-refractivity contribution in [2.45, 2.75) is 6.92 Å². The van der Waals surface area contributed by atoms with E-state index < -0.39 is 11.7 Å². The van der Waals surface area contributed by atoms with Gasteiger partial charge in [-0.05, 0) is 37.3 Å². The molecule has 0 bridgehead atoms. The number of pyridine rings is 1. The van der Waals surface area contributed by atoms with Gasteiger partial charge >= 0.3 is 0 Å². The number of nitrogens with one attached hydrogen (secondary N) is 1. The molecule has 0 aliphatic rings. The predicted molar refractivity (Wildman–Crippen MR) is 68.0 cm³/mol. The van der Waals surface area contributed by atoms with Gasteiger partial charge in [-0.15, -0.1) is 0 Å². The summed E-state index contributed by atoms with van der Waals surface area (Å²) in [7, 11) is 0. The van der Waals surface area contributed by atoms with Crippen molar-refractivity contribution < 1.29 is 9.18 Å². The Hall–Kier alpha value is -2.74. The van der Waals surface area contributed by atoms with Crippen molar-refractivity contribution in [2.75, 3.05) is 5.32 Å². The van der Waals surface area contributed by atoms with Gasteiger partial charge in [-0.25, -0.2) is 9.37 Å². The minimum Gasteiger partial charge on any atom is -0.319 e. The summed E-state index contributed by atoms with van der Waals surface area (Å²) in [6.45, 7) is 1.77. The third-order valence-corrected chi connectivity index (χ3v) is 2.47. The number of aromatic nitrogens is 1. The van der Waals surface area contributed by atoms with Crippen molar-refractivity contribution in [1.29, 1.82) is 5.26 Å². The zero-order valence-corrected chi connectivity index (χ0v) is 10.1. The summed E-state index contributed by atoms with van der Waals surface area (Å²) in [6.07, 6.45) is 0. The molecule has 4 nitrogen and oxygen atoms in total. The van der Waals surface area contributed by atoms with Crippen LogP contribution in [0.25, 0.3) is 0 Å². The average molecular weight is 255 g/mol. The second-order valence-electron chi connectivity index (χ2n) is 3.92. The molecule has 1 amide bonds. The lowest BCUT2D eigenvalue weighted by molar-refractivity contribution is 0.102. The molecule has 0 spiro atoms. The van der Waals surface area contributed by atoms with E-state index in [2.05, 4.69) is 10.3 Å².